The molecule has 0 saturated heterocycles. The first-order valence-electron chi connectivity index (χ1n) is 43.1. The van der Waals surface area contributed by atoms with Gasteiger partial charge >= 0.3 is 24.7 Å². The molecule has 0 fully saturated rings. The van der Waals surface area contributed by atoms with Gasteiger partial charge in [-0.25, -0.2) is 24.9 Å². The van der Waals surface area contributed by atoms with Crippen LogP contribution in [0.5, 0.6) is 0 Å². The normalized spacial score (nSPS) is 12.2. The summed E-state index contributed by atoms with van der Waals surface area (Å²) in [6.45, 7) is 22.4. The van der Waals surface area contributed by atoms with Gasteiger partial charge in [-0.2, -0.15) is 77.6 Å². The van der Waals surface area contributed by atoms with Crippen LogP contribution in [0.3, 0.4) is 0 Å². The number of anilines is 20. The first-order valence-corrected chi connectivity index (χ1v) is 57.2. The zero-order valence-corrected chi connectivity index (χ0v) is 85.1. The standard InChI is InChI=1S/C20H19ClN5O2P.C20H20F3N4OP.C19H17BrF3N4OP.C19H18F3N4OP.C18H24F3N4OP/c1-29(2,28)17-6-4-3-5-16(17)25-19-14(21)11-22-20(26-19)23-13-7-8-15-12(9-13)10-18(27)24-15;1-13-5-4-6-15(11-13)25-18-17(20(21,22)23)12-24-19(27-18)26-14-7-9-16(10-8-14)29(2,3)28;1-29(2,28)15-8-6-13(7-9-15)26-18-24-11-16(19(21,22)23)17(27-18)25-14-5-3-4-12(20)10-14;1-28(2,27)15-10-8-14(9-11-15)25-18-23-12-16(19(20,21)22)17(26-18)24-13-6-4-3-5-7-13;1-5-12(6-2)23-16-15(18(19,20)21)11-22-17(25-16)24-13-7-9-14(10-8-13)27(3,4)26/h3-9,11H,10H2,1-2H3,(H,24,27)(H2,22,23,25,26);4-12H,1-3H3,(H2,24,25,26,27);3-11H,1-2H3,(H2,24,25,26,27);3-12H,1-2H3,(H2,23,24,25,26);7-12H,5-6H2,1-4H3,(H2,22,23,24,25). The number of aromatic nitrogens is 10. The molecule has 142 heavy (non-hydrogen) atoms. The summed E-state index contributed by atoms with van der Waals surface area (Å²) in [7, 11) is -12.0. The van der Waals surface area contributed by atoms with Gasteiger partial charge in [0.2, 0.25) is 35.6 Å². The number of fused-ring (bicyclic) bond motifs is 1. The van der Waals surface area contributed by atoms with E-state index in [4.69, 9.17) is 11.6 Å². The minimum absolute atomic E-state index is 0.000531. The van der Waals surface area contributed by atoms with Crippen molar-refractivity contribution in [2.75, 3.05) is 125 Å². The maximum absolute atomic E-state index is 13.4. The van der Waals surface area contributed by atoms with Crippen molar-refractivity contribution < 1.29 is 80.3 Å². The topological polar surface area (TPSA) is 364 Å². The number of benzene rings is 9. The molecule has 27 nitrogen and oxygen atoms in total. The van der Waals surface area contributed by atoms with Crippen LogP contribution in [0.25, 0.3) is 0 Å². The summed E-state index contributed by atoms with van der Waals surface area (Å²) >= 11 is 9.56. The molecule has 0 aliphatic carbocycles. The maximum atomic E-state index is 13.4. The molecule has 1 aliphatic rings. The van der Waals surface area contributed by atoms with Crippen LogP contribution >= 0.6 is 63.2 Å². The summed E-state index contributed by atoms with van der Waals surface area (Å²) in [6.07, 6.45) is -12.2. The number of rotatable bonds is 27. The van der Waals surface area contributed by atoms with Crippen LogP contribution in [0, 0.1) is 6.92 Å². The summed E-state index contributed by atoms with van der Waals surface area (Å²) in [5, 5.41) is 35.5. The molecule has 5 aromatic heterocycles. The Kier molecular flexibility index (Phi) is 35.7. The molecule has 0 saturated carbocycles. The molecule has 15 rings (SSSR count). The van der Waals surface area contributed by atoms with Crippen molar-refractivity contribution in [2.24, 2.45) is 0 Å². The van der Waals surface area contributed by atoms with Crippen LogP contribution in [-0.4, -0.2) is 128 Å². The number of nitrogens with one attached hydrogen (secondary N) is 11. The Morgan fingerprint density at radius 1 is 0.352 bits per heavy atom. The maximum Gasteiger partial charge on any atom is 0.421 e. The van der Waals surface area contributed by atoms with Gasteiger partial charge in [-0.1, -0.05) is 89.9 Å². The Balaban J connectivity index is 0.000000170. The third kappa shape index (κ3) is 32.2. The second kappa shape index (κ2) is 46.3. The number of hydrogen-bond acceptors (Lipinski definition) is 26. The molecule has 1 amide bonds. The largest absolute Gasteiger partial charge is 0.421 e. The van der Waals surface area contributed by atoms with E-state index in [1.54, 1.807) is 237 Å². The number of nitrogens with zero attached hydrogens (tertiary/aromatic N) is 10. The van der Waals surface area contributed by atoms with E-state index < -0.39 is 82.7 Å². The highest BCUT2D eigenvalue weighted by Gasteiger charge is 2.40. The van der Waals surface area contributed by atoms with Crippen molar-refractivity contribution in [3.05, 3.63) is 292 Å². The van der Waals surface area contributed by atoms with Crippen LogP contribution in [0.1, 0.15) is 60.1 Å². The molecule has 1 aliphatic heterocycles. The predicted octanol–water partition coefficient (Wildman–Crippen LogP) is 26.2. The molecule has 0 atom stereocenters. The van der Waals surface area contributed by atoms with E-state index >= 15 is 0 Å². The van der Waals surface area contributed by atoms with Gasteiger partial charge in [0.25, 0.3) is 0 Å². The summed E-state index contributed by atoms with van der Waals surface area (Å²) in [6, 6.07) is 62.1. The smallest absolute Gasteiger partial charge is 0.367 e. The highest BCUT2D eigenvalue weighted by molar-refractivity contribution is 9.10. The molecular weight excluding hydrogens is 2040 g/mol. The Bertz CT molecular complexity index is 6870. The lowest BCUT2D eigenvalue weighted by Gasteiger charge is -2.19. The summed E-state index contributed by atoms with van der Waals surface area (Å²) < 4.78 is 222. The van der Waals surface area contributed by atoms with E-state index in [2.05, 4.69) is 124 Å². The number of amides is 1. The lowest BCUT2D eigenvalue weighted by atomic mass is 10.1. The van der Waals surface area contributed by atoms with E-state index in [-0.39, 0.29) is 59.0 Å². The average Bonchev–Trinajstić information content (AvgIpc) is 1.11. The van der Waals surface area contributed by atoms with Crippen molar-refractivity contribution in [1.82, 2.24) is 49.8 Å². The number of hydrogen-bond donors (Lipinski definition) is 11. The third-order valence-corrected chi connectivity index (χ3v) is 29.0. The molecule has 0 radical (unpaired) electrons. The number of para-hydroxylation sites is 2. The van der Waals surface area contributed by atoms with Crippen molar-refractivity contribution in [3.63, 3.8) is 0 Å². The van der Waals surface area contributed by atoms with Crippen LogP contribution in [0.2, 0.25) is 5.02 Å². The van der Waals surface area contributed by atoms with E-state index in [9.17, 15) is 80.3 Å². The van der Waals surface area contributed by atoms with Gasteiger partial charge in [0.05, 0.1) is 18.3 Å². The quantitative estimate of drug-likeness (QED) is 0.0168. The molecule has 746 valence electrons. The van der Waals surface area contributed by atoms with Gasteiger partial charge in [0.1, 0.15) is 86.3 Å². The summed E-state index contributed by atoms with van der Waals surface area (Å²) in [5.74, 6) is -0.483. The number of carbonyl (C=O) groups excluding carboxylic acids is 1. The van der Waals surface area contributed by atoms with Gasteiger partial charge in [0, 0.05) is 113 Å². The first-order chi connectivity index (χ1) is 66.5. The van der Waals surface area contributed by atoms with Gasteiger partial charge in [-0.3, -0.25) is 4.79 Å². The van der Waals surface area contributed by atoms with Crippen molar-refractivity contribution in [1.29, 1.82) is 0 Å². The molecule has 0 bridgehead atoms. The minimum Gasteiger partial charge on any atom is -0.367 e. The Morgan fingerprint density at radius 2 is 0.669 bits per heavy atom. The molecule has 6 heterocycles. The predicted molar refractivity (Wildman–Crippen MR) is 551 cm³/mol. The number of aryl methyl sites for hydroxylation is 1. The van der Waals surface area contributed by atoms with E-state index in [0.717, 1.165) is 57.9 Å². The van der Waals surface area contributed by atoms with E-state index in [0.29, 0.717) is 102 Å². The highest BCUT2D eigenvalue weighted by Crippen LogP contribution is 2.45. The lowest BCUT2D eigenvalue weighted by molar-refractivity contribution is -0.138. The third-order valence-electron chi connectivity index (χ3n) is 20.6. The molecule has 9 aromatic carbocycles. The van der Waals surface area contributed by atoms with Gasteiger partial charge in [0.15, 0.2) is 5.82 Å². The Labute approximate surface area is 824 Å². The lowest BCUT2D eigenvalue weighted by Crippen LogP contribution is -2.22. The SMILES string of the molecule is CCC(CC)Nc1nc(Nc2ccc(P(C)(C)=O)cc2)ncc1C(F)(F)F.CP(C)(=O)c1ccc(Nc2ncc(C(F)(F)F)c(Nc3cccc(Br)c3)n2)cc1.CP(C)(=O)c1ccc(Nc2ncc(C(F)(F)F)c(Nc3ccccc3)n2)cc1.CP(C)(=O)c1ccccc1Nc1nc(Nc2ccc3c(c2)CC(=O)N3)ncc1Cl.Cc1cccc(Nc2nc(Nc3ccc(P(C)(C)=O)cc3)ncc2C(F)(F)F)c1. The van der Waals surface area contributed by atoms with Crippen LogP contribution < -0.4 is 85.0 Å². The fourth-order valence-electron chi connectivity index (χ4n) is 13.2. The molecule has 46 heteroatoms. The number of carbonyl (C=O) groups is 1. The summed E-state index contributed by atoms with van der Waals surface area (Å²) in [5.41, 5.74) is 4.02. The molecule has 0 spiro atoms. The van der Waals surface area contributed by atoms with Crippen LogP contribution in [-0.2, 0) is 58.7 Å². The first kappa shape index (κ1) is 109. The summed E-state index contributed by atoms with van der Waals surface area (Å²) in [4.78, 5) is 51.4. The second-order valence-electron chi connectivity index (χ2n) is 33.8. The molecule has 0 unspecified atom stereocenters. The van der Waals surface area contributed by atoms with Crippen molar-refractivity contribution in [2.45, 2.75) is 70.8 Å². The number of halogens is 14. The van der Waals surface area contributed by atoms with Gasteiger partial charge in [-0.05, 0) is 267 Å². The van der Waals surface area contributed by atoms with Crippen molar-refractivity contribution >= 4 is 211 Å². The molecule has 11 N–H and O–H groups in total. The van der Waals surface area contributed by atoms with E-state index in [1.165, 1.54) is 6.20 Å². The molecule has 14 aromatic rings. The fraction of sp³-hybridized carbons (Fsp3) is 0.219. The van der Waals surface area contributed by atoms with Crippen LogP contribution in [0.15, 0.2) is 254 Å². The van der Waals surface area contributed by atoms with Gasteiger partial charge < -0.3 is 81.3 Å². The zero-order valence-electron chi connectivity index (χ0n) is 78.3. The van der Waals surface area contributed by atoms with Crippen LogP contribution in [0.4, 0.5) is 168 Å². The average molecular weight is 2140 g/mol. The Morgan fingerprint density at radius 3 is 1.04 bits per heavy atom. The zero-order chi connectivity index (χ0) is 104. The highest BCUT2D eigenvalue weighted by atomic mass is 79.9. The Hall–Kier alpha value is -13.1. The second-order valence-corrected chi connectivity index (χ2v) is 51.2. The minimum atomic E-state index is -4.61. The van der Waals surface area contributed by atoms with Gasteiger partial charge in [-0.15, -0.1) is 0 Å². The fourth-order valence-corrected chi connectivity index (χ4v) is 18.3. The number of alkyl halides is 12. The van der Waals surface area contributed by atoms with E-state index in [1.807, 2.05) is 69.3 Å². The van der Waals surface area contributed by atoms with Crippen molar-refractivity contribution in [3.8, 4) is 0 Å². The monoisotopic (exact) mass is 2140 g/mol. The molecular formula is C96H98BrClF12N21O6P5.